The van der Waals surface area contributed by atoms with Gasteiger partial charge < -0.3 is 19.3 Å². The first kappa shape index (κ1) is 28.7. The van der Waals surface area contributed by atoms with Crippen LogP contribution in [0.4, 0.5) is 10.5 Å². The molecule has 0 bridgehead atoms. The Morgan fingerprint density at radius 3 is 2.41 bits per heavy atom. The highest BCUT2D eigenvalue weighted by Gasteiger charge is 2.31. The van der Waals surface area contributed by atoms with Crippen molar-refractivity contribution in [2.45, 2.75) is 25.0 Å². The third-order valence-electron chi connectivity index (χ3n) is 5.43. The highest BCUT2D eigenvalue weighted by molar-refractivity contribution is 5.86. The lowest BCUT2D eigenvalue weighted by Gasteiger charge is -2.29. The van der Waals surface area contributed by atoms with Gasteiger partial charge >= 0.3 is 6.09 Å². The normalized spacial score (nSPS) is 12.1. The summed E-state index contributed by atoms with van der Waals surface area (Å²) in [5.41, 5.74) is 2.93. The van der Waals surface area contributed by atoms with E-state index < -0.39 is 24.2 Å². The second kappa shape index (κ2) is 15.4. The van der Waals surface area contributed by atoms with Crippen LogP contribution in [0, 0.1) is 11.3 Å². The zero-order valence-corrected chi connectivity index (χ0v) is 21.0. The number of carbonyl (C=O) groups is 2. The minimum Gasteiger partial charge on any atom is -0.491 e. The zero-order chi connectivity index (χ0) is 27.9. The maximum absolute atomic E-state index is 13.1. The number of hydrogen-bond donors (Lipinski definition) is 4. The molecule has 202 valence electrons. The molecule has 0 aliphatic rings. The summed E-state index contributed by atoms with van der Waals surface area (Å²) in [4.78, 5) is 24.5. The highest BCUT2D eigenvalue weighted by Crippen LogP contribution is 2.34. The molecule has 0 heterocycles. The van der Waals surface area contributed by atoms with Crippen molar-refractivity contribution in [3.8, 4) is 17.6 Å². The number of hydroxylamine groups is 1. The van der Waals surface area contributed by atoms with E-state index in [9.17, 15) is 14.7 Å². The van der Waals surface area contributed by atoms with Gasteiger partial charge in [-0.05, 0) is 55.3 Å². The zero-order valence-electron chi connectivity index (χ0n) is 21.0. The van der Waals surface area contributed by atoms with Crippen LogP contribution < -0.4 is 20.3 Å². The van der Waals surface area contributed by atoms with Crippen molar-refractivity contribution in [3.05, 3.63) is 102 Å². The monoisotopic (exact) mass is 531 g/mol. The fraction of sp³-hybridized carbons (Fsp3) is 0.207. The van der Waals surface area contributed by atoms with Crippen LogP contribution in [-0.2, 0) is 9.53 Å². The number of ether oxygens (including phenoxy) is 3. The molecule has 2 amide bonds. The Hall–Kier alpha value is -4.85. The molecule has 0 saturated heterocycles. The average Bonchev–Trinajstić information content (AvgIpc) is 2.97. The van der Waals surface area contributed by atoms with Gasteiger partial charge in [0, 0.05) is 17.3 Å². The molecule has 4 N–H and O–H groups in total. The molecule has 0 aromatic heterocycles. The van der Waals surface area contributed by atoms with E-state index in [1.54, 1.807) is 66.7 Å². The Morgan fingerprint density at radius 1 is 1.00 bits per heavy atom. The van der Waals surface area contributed by atoms with Crippen LogP contribution in [-0.4, -0.2) is 41.6 Å². The first-order chi connectivity index (χ1) is 19.0. The van der Waals surface area contributed by atoms with E-state index in [1.165, 1.54) is 11.6 Å². The summed E-state index contributed by atoms with van der Waals surface area (Å²) in [5, 5.41) is 29.7. The van der Waals surface area contributed by atoms with Gasteiger partial charge in [-0.2, -0.15) is 5.26 Å². The fourth-order valence-electron chi connectivity index (χ4n) is 3.67. The number of rotatable bonds is 13. The van der Waals surface area contributed by atoms with E-state index in [-0.39, 0.29) is 13.2 Å². The number of para-hydroxylation sites is 2. The second-order valence-electron chi connectivity index (χ2n) is 8.18. The Balaban J connectivity index is 1.93. The summed E-state index contributed by atoms with van der Waals surface area (Å²) in [6.07, 6.45) is 0.937. The van der Waals surface area contributed by atoms with Gasteiger partial charge in [-0.25, -0.2) is 10.3 Å². The maximum atomic E-state index is 13.1. The van der Waals surface area contributed by atoms with E-state index in [1.807, 2.05) is 24.3 Å². The van der Waals surface area contributed by atoms with Crippen LogP contribution in [0.3, 0.4) is 0 Å². The molecule has 3 rings (SSSR count). The maximum Gasteiger partial charge on any atom is 0.412 e. The van der Waals surface area contributed by atoms with Crippen LogP contribution in [0.5, 0.6) is 11.5 Å². The highest BCUT2D eigenvalue weighted by atomic mass is 16.6. The molecule has 39 heavy (non-hydrogen) atoms. The number of anilines is 1. The molecular formula is C29H29N3O7. The molecule has 10 nitrogen and oxygen atoms in total. The molecule has 0 aliphatic carbocycles. The van der Waals surface area contributed by atoms with Crippen LogP contribution in [0.2, 0.25) is 0 Å². The van der Waals surface area contributed by atoms with E-state index in [0.29, 0.717) is 41.2 Å². The molecule has 0 fully saturated rings. The molecular weight excluding hydrogens is 502 g/mol. The second-order valence-corrected chi connectivity index (χ2v) is 8.18. The van der Waals surface area contributed by atoms with Gasteiger partial charge in [0.25, 0.3) is 5.91 Å². The SMILES string of the molecule is N#Cc1ccc(NC(=O)O[C@H](c2ccccc2OCCO)[C@@H](CC/C=C/C(=O)NO)Oc2ccccc2)cc1. The Bertz CT molecular complexity index is 1270. The third kappa shape index (κ3) is 9.19. The number of carbonyl (C=O) groups excluding carboxylic acids is 2. The third-order valence-corrected chi connectivity index (χ3v) is 5.43. The van der Waals surface area contributed by atoms with Gasteiger partial charge in [-0.1, -0.05) is 42.5 Å². The average molecular weight is 532 g/mol. The van der Waals surface area contributed by atoms with Gasteiger partial charge in [0.2, 0.25) is 0 Å². The Kier molecular flexibility index (Phi) is 11.3. The quantitative estimate of drug-likeness (QED) is 0.143. The molecule has 3 aromatic carbocycles. The number of nitriles is 1. The minimum atomic E-state index is -0.974. The first-order valence-electron chi connectivity index (χ1n) is 12.2. The summed E-state index contributed by atoms with van der Waals surface area (Å²) in [5.74, 6) is 0.266. The van der Waals surface area contributed by atoms with Crippen LogP contribution >= 0.6 is 0 Å². The number of aliphatic hydroxyl groups excluding tert-OH is 1. The minimum absolute atomic E-state index is 0.0321. The topological polar surface area (TPSA) is 150 Å². The van der Waals surface area contributed by atoms with Gasteiger partial charge in [-0.15, -0.1) is 0 Å². The molecule has 2 atom stereocenters. The van der Waals surface area contributed by atoms with Crippen molar-refractivity contribution in [2.24, 2.45) is 0 Å². The predicted molar refractivity (Wildman–Crippen MR) is 142 cm³/mol. The van der Waals surface area contributed by atoms with Crippen molar-refractivity contribution in [1.82, 2.24) is 5.48 Å². The number of hydrogen-bond acceptors (Lipinski definition) is 8. The number of allylic oxidation sites excluding steroid dienone is 1. The van der Waals surface area contributed by atoms with Crippen LogP contribution in [0.15, 0.2) is 91.0 Å². The Morgan fingerprint density at radius 2 is 1.72 bits per heavy atom. The fourth-order valence-corrected chi connectivity index (χ4v) is 3.67. The van der Waals surface area contributed by atoms with Crippen LogP contribution in [0.1, 0.15) is 30.1 Å². The lowest BCUT2D eigenvalue weighted by Crippen LogP contribution is -2.31. The van der Waals surface area contributed by atoms with Crippen molar-refractivity contribution in [1.29, 1.82) is 5.26 Å². The Labute approximate surface area is 226 Å². The van der Waals surface area contributed by atoms with Crippen molar-refractivity contribution < 1.29 is 34.1 Å². The van der Waals surface area contributed by atoms with Crippen LogP contribution in [0.25, 0.3) is 0 Å². The number of nitrogens with zero attached hydrogens (tertiary/aromatic N) is 1. The van der Waals surface area contributed by atoms with E-state index >= 15 is 0 Å². The smallest absolute Gasteiger partial charge is 0.412 e. The predicted octanol–water partition coefficient (Wildman–Crippen LogP) is 4.51. The summed E-state index contributed by atoms with van der Waals surface area (Å²) < 4.78 is 17.9. The lowest BCUT2D eigenvalue weighted by molar-refractivity contribution is -0.124. The van der Waals surface area contributed by atoms with E-state index in [4.69, 9.17) is 24.7 Å². The molecule has 0 saturated carbocycles. The molecule has 0 radical (unpaired) electrons. The molecule has 0 aliphatic heterocycles. The van der Waals surface area contributed by atoms with Crippen molar-refractivity contribution >= 4 is 17.7 Å². The number of nitrogens with one attached hydrogen (secondary N) is 2. The standard InChI is InChI=1S/C29H29N3O7/c30-20-21-14-16-22(17-15-21)31-29(35)39-28(24-10-4-5-11-25(24)37-19-18-33)26(12-6-7-13-27(34)32-36)38-23-8-2-1-3-9-23/h1-5,7-11,13-17,26,28,33,36H,6,12,18-19H2,(H,31,35)(H,32,34)/b13-7+/t26-,28-/m1/s1. The van der Waals surface area contributed by atoms with Gasteiger partial charge in [-0.3, -0.25) is 15.3 Å². The van der Waals surface area contributed by atoms with E-state index in [2.05, 4.69) is 5.32 Å². The summed E-state index contributed by atoms with van der Waals surface area (Å²) >= 11 is 0. The molecule has 10 heteroatoms. The summed E-state index contributed by atoms with van der Waals surface area (Å²) in [6, 6.07) is 24.3. The van der Waals surface area contributed by atoms with Gasteiger partial charge in [0.1, 0.15) is 24.2 Å². The first-order valence-corrected chi connectivity index (χ1v) is 12.2. The van der Waals surface area contributed by atoms with Gasteiger partial charge in [0.15, 0.2) is 6.10 Å². The van der Waals surface area contributed by atoms with Crippen molar-refractivity contribution in [3.63, 3.8) is 0 Å². The lowest BCUT2D eigenvalue weighted by atomic mass is 9.99. The van der Waals surface area contributed by atoms with Crippen molar-refractivity contribution in [2.75, 3.05) is 18.5 Å². The number of aliphatic hydroxyl groups is 1. The molecule has 3 aromatic rings. The summed E-state index contributed by atoms with van der Waals surface area (Å²) in [6.45, 7) is -0.176. The number of amides is 2. The largest absolute Gasteiger partial charge is 0.491 e. The molecule has 0 unspecified atom stereocenters. The van der Waals surface area contributed by atoms with Gasteiger partial charge in [0.05, 0.1) is 18.2 Å². The van der Waals surface area contributed by atoms with E-state index in [0.717, 1.165) is 0 Å². The molecule has 0 spiro atoms. The number of benzene rings is 3. The summed E-state index contributed by atoms with van der Waals surface area (Å²) in [7, 11) is 0.